The summed E-state index contributed by atoms with van der Waals surface area (Å²) in [7, 11) is 1.75. The van der Waals surface area contributed by atoms with Gasteiger partial charge in [0.25, 0.3) is 0 Å². The van der Waals surface area contributed by atoms with E-state index in [2.05, 4.69) is 15.3 Å². The third kappa shape index (κ3) is 3.26. The fraction of sp³-hybridized carbons (Fsp3) is 0.625. The molecule has 6 nitrogen and oxygen atoms in total. The Bertz CT molecular complexity index is 578. The zero-order valence-corrected chi connectivity index (χ0v) is 13.9. The van der Waals surface area contributed by atoms with Crippen LogP contribution < -0.4 is 5.32 Å². The number of nitrogens with one attached hydrogen (secondary N) is 1. The topological polar surface area (TPSA) is 75.2 Å². The van der Waals surface area contributed by atoms with Gasteiger partial charge in [-0.15, -0.1) is 0 Å². The fourth-order valence-corrected chi connectivity index (χ4v) is 2.86. The van der Waals surface area contributed by atoms with Crippen molar-refractivity contribution < 1.29 is 9.59 Å². The molecule has 120 valence electrons. The normalized spacial score (nSPS) is 20.3. The predicted octanol–water partition coefficient (Wildman–Crippen LogP) is 1.01. The molecule has 22 heavy (non-hydrogen) atoms. The molecule has 0 aromatic carbocycles. The van der Waals surface area contributed by atoms with Crippen LogP contribution in [0.25, 0.3) is 0 Å². The van der Waals surface area contributed by atoms with Gasteiger partial charge in [-0.3, -0.25) is 9.59 Å². The minimum absolute atomic E-state index is 0.0165. The first-order valence-electron chi connectivity index (χ1n) is 7.57. The van der Waals surface area contributed by atoms with E-state index in [9.17, 15) is 9.59 Å². The molecule has 0 bridgehead atoms. The van der Waals surface area contributed by atoms with Gasteiger partial charge in [0.2, 0.25) is 11.8 Å². The van der Waals surface area contributed by atoms with E-state index < -0.39 is 5.54 Å². The van der Waals surface area contributed by atoms with E-state index in [0.29, 0.717) is 13.0 Å². The lowest BCUT2D eigenvalue weighted by atomic mass is 9.88. The second-order valence-electron chi connectivity index (χ2n) is 6.47. The van der Waals surface area contributed by atoms with Gasteiger partial charge in [0.1, 0.15) is 5.82 Å². The van der Waals surface area contributed by atoms with Gasteiger partial charge >= 0.3 is 0 Å². The number of rotatable bonds is 4. The number of carbonyl (C=O) groups is 2. The summed E-state index contributed by atoms with van der Waals surface area (Å²) in [5.41, 5.74) is 1.41. The molecule has 1 N–H and O–H groups in total. The van der Waals surface area contributed by atoms with Gasteiger partial charge in [-0.05, 0) is 33.8 Å². The third-order valence-corrected chi connectivity index (χ3v) is 4.46. The molecule has 6 heteroatoms. The molecule has 0 saturated carbocycles. The second kappa shape index (κ2) is 6.02. The quantitative estimate of drug-likeness (QED) is 0.901. The fourth-order valence-electron chi connectivity index (χ4n) is 2.86. The van der Waals surface area contributed by atoms with Crippen LogP contribution >= 0.6 is 0 Å². The van der Waals surface area contributed by atoms with E-state index in [1.807, 2.05) is 33.8 Å². The molecule has 1 aromatic rings. The van der Waals surface area contributed by atoms with Crippen LogP contribution in [0.2, 0.25) is 0 Å². The highest BCUT2D eigenvalue weighted by Gasteiger charge is 2.47. The van der Waals surface area contributed by atoms with Gasteiger partial charge in [-0.25, -0.2) is 9.97 Å². The van der Waals surface area contributed by atoms with Crippen LogP contribution in [-0.2, 0) is 16.0 Å². The third-order valence-electron chi connectivity index (χ3n) is 4.46. The van der Waals surface area contributed by atoms with E-state index in [0.717, 1.165) is 17.2 Å². The molecule has 2 rings (SSSR count). The lowest BCUT2D eigenvalue weighted by molar-refractivity contribution is -0.128. The summed E-state index contributed by atoms with van der Waals surface area (Å²) in [5.74, 6) is 0.358. The molecule has 1 aromatic heterocycles. The number of carbonyl (C=O) groups excluding carboxylic acids is 2. The zero-order chi connectivity index (χ0) is 16.5. The van der Waals surface area contributed by atoms with Crippen LogP contribution in [0.4, 0.5) is 0 Å². The summed E-state index contributed by atoms with van der Waals surface area (Å²) < 4.78 is 0. The van der Waals surface area contributed by atoms with Gasteiger partial charge < -0.3 is 10.2 Å². The van der Waals surface area contributed by atoms with E-state index >= 15 is 0 Å². The first-order valence-corrected chi connectivity index (χ1v) is 7.57. The number of nitrogens with zero attached hydrogens (tertiary/aromatic N) is 3. The number of amides is 2. The summed E-state index contributed by atoms with van der Waals surface area (Å²) >= 11 is 0. The molecule has 1 fully saturated rings. The first kappa shape index (κ1) is 16.4. The summed E-state index contributed by atoms with van der Waals surface area (Å²) in [6.07, 6.45) is 0.862. The maximum Gasteiger partial charge on any atom is 0.226 e. The Kier molecular flexibility index (Phi) is 4.49. The Morgan fingerprint density at radius 1 is 1.36 bits per heavy atom. The minimum atomic E-state index is -0.447. The smallest absolute Gasteiger partial charge is 0.226 e. The van der Waals surface area contributed by atoms with Crippen molar-refractivity contribution in [1.29, 1.82) is 0 Å². The average Bonchev–Trinajstić information content (AvgIpc) is 2.61. The molecular weight excluding hydrogens is 280 g/mol. The average molecular weight is 304 g/mol. The summed E-state index contributed by atoms with van der Waals surface area (Å²) in [6.45, 7) is 8.19. The van der Waals surface area contributed by atoms with Gasteiger partial charge in [-0.1, -0.05) is 0 Å². The lowest BCUT2D eigenvalue weighted by Gasteiger charge is -2.32. The highest BCUT2D eigenvalue weighted by molar-refractivity contribution is 5.90. The molecule has 1 aliphatic rings. The van der Waals surface area contributed by atoms with Crippen molar-refractivity contribution in [1.82, 2.24) is 20.2 Å². The molecule has 2 heterocycles. The highest BCUT2D eigenvalue weighted by atomic mass is 16.2. The van der Waals surface area contributed by atoms with Crippen LogP contribution in [-0.4, -0.2) is 45.8 Å². The largest absolute Gasteiger partial charge is 0.355 e. The SMILES string of the molecule is Cc1cc(C)nc(CCNC(=O)[C@@H]2CC(=O)N(C)C2(C)C)n1. The van der Waals surface area contributed by atoms with Crippen LogP contribution in [0.3, 0.4) is 0 Å². The van der Waals surface area contributed by atoms with Gasteiger partial charge in [0.05, 0.1) is 5.92 Å². The number of hydrogen-bond donors (Lipinski definition) is 1. The second-order valence-corrected chi connectivity index (χ2v) is 6.47. The van der Waals surface area contributed by atoms with Crippen molar-refractivity contribution in [2.24, 2.45) is 5.92 Å². The molecule has 0 unspecified atom stereocenters. The molecule has 2 amide bonds. The molecule has 0 radical (unpaired) electrons. The number of aromatic nitrogens is 2. The van der Waals surface area contributed by atoms with Crippen LogP contribution in [0, 0.1) is 19.8 Å². The standard InChI is InChI=1S/C16H24N4O2/c1-10-8-11(2)19-13(18-10)6-7-17-15(22)12-9-14(21)20(5)16(12,3)4/h8,12H,6-7,9H2,1-5H3,(H,17,22)/t12-/m0/s1. The van der Waals surface area contributed by atoms with Crippen molar-refractivity contribution in [3.05, 3.63) is 23.3 Å². The van der Waals surface area contributed by atoms with Crippen molar-refractivity contribution in [2.45, 2.75) is 46.1 Å². The molecule has 0 spiro atoms. The molecule has 1 saturated heterocycles. The maximum atomic E-state index is 12.3. The summed E-state index contributed by atoms with van der Waals surface area (Å²) in [5, 5.41) is 2.91. The molecule has 0 aliphatic carbocycles. The van der Waals surface area contributed by atoms with Crippen molar-refractivity contribution in [2.75, 3.05) is 13.6 Å². The Labute approximate surface area is 131 Å². The van der Waals surface area contributed by atoms with E-state index in [1.54, 1.807) is 11.9 Å². The molecule has 1 aliphatic heterocycles. The number of hydrogen-bond acceptors (Lipinski definition) is 4. The van der Waals surface area contributed by atoms with Crippen molar-refractivity contribution in [3.8, 4) is 0 Å². The van der Waals surface area contributed by atoms with Crippen LogP contribution in [0.5, 0.6) is 0 Å². The minimum Gasteiger partial charge on any atom is -0.355 e. The zero-order valence-electron chi connectivity index (χ0n) is 13.9. The van der Waals surface area contributed by atoms with Gasteiger partial charge in [0, 0.05) is 43.4 Å². The van der Waals surface area contributed by atoms with Gasteiger partial charge in [0.15, 0.2) is 0 Å². The van der Waals surface area contributed by atoms with E-state index in [1.165, 1.54) is 0 Å². The lowest BCUT2D eigenvalue weighted by Crippen LogP contribution is -2.47. The summed E-state index contributed by atoms with van der Waals surface area (Å²) in [6, 6.07) is 1.92. The first-order chi connectivity index (χ1) is 10.2. The van der Waals surface area contributed by atoms with E-state index in [4.69, 9.17) is 0 Å². The predicted molar refractivity (Wildman–Crippen MR) is 83.2 cm³/mol. The Hall–Kier alpha value is -1.98. The van der Waals surface area contributed by atoms with Crippen LogP contribution in [0.1, 0.15) is 37.5 Å². The number of likely N-dealkylation sites (tertiary alicyclic amines) is 1. The van der Waals surface area contributed by atoms with Crippen molar-refractivity contribution in [3.63, 3.8) is 0 Å². The maximum absolute atomic E-state index is 12.3. The Morgan fingerprint density at radius 3 is 2.45 bits per heavy atom. The van der Waals surface area contributed by atoms with Crippen LogP contribution in [0.15, 0.2) is 6.07 Å². The molecule has 1 atom stereocenters. The monoisotopic (exact) mass is 304 g/mol. The Balaban J connectivity index is 1.92. The van der Waals surface area contributed by atoms with E-state index in [-0.39, 0.29) is 24.2 Å². The van der Waals surface area contributed by atoms with Gasteiger partial charge in [-0.2, -0.15) is 0 Å². The highest BCUT2D eigenvalue weighted by Crippen LogP contribution is 2.34. The number of aryl methyl sites for hydroxylation is 2. The van der Waals surface area contributed by atoms with Crippen molar-refractivity contribution >= 4 is 11.8 Å². The molecular formula is C16H24N4O2. The summed E-state index contributed by atoms with van der Waals surface area (Å²) in [4.78, 5) is 34.5. The Morgan fingerprint density at radius 2 is 1.95 bits per heavy atom.